The first-order valence-corrected chi connectivity index (χ1v) is 12.7. The molecule has 4 rings (SSSR count). The molecule has 208 valence electrons. The van der Waals surface area contributed by atoms with Crippen molar-refractivity contribution >= 4 is 12.0 Å². The predicted molar refractivity (Wildman–Crippen MR) is 133 cm³/mol. The fourth-order valence-electron chi connectivity index (χ4n) is 3.91. The van der Waals surface area contributed by atoms with Crippen LogP contribution in [0.15, 0.2) is 22.6 Å². The van der Waals surface area contributed by atoms with Gasteiger partial charge in [0.1, 0.15) is 5.60 Å². The number of benzene rings is 1. The summed E-state index contributed by atoms with van der Waals surface area (Å²) in [6, 6.07) is 3.61. The molecule has 0 spiro atoms. The van der Waals surface area contributed by atoms with Crippen LogP contribution in [0.25, 0.3) is 11.5 Å². The van der Waals surface area contributed by atoms with E-state index < -0.39 is 24.3 Å². The van der Waals surface area contributed by atoms with Crippen LogP contribution in [0, 0.1) is 5.92 Å². The summed E-state index contributed by atoms with van der Waals surface area (Å²) >= 11 is 0. The van der Waals surface area contributed by atoms with Gasteiger partial charge in [-0.05, 0) is 64.7 Å². The molecule has 1 aromatic carbocycles. The van der Waals surface area contributed by atoms with E-state index in [1.165, 1.54) is 18.2 Å². The number of amides is 2. The van der Waals surface area contributed by atoms with E-state index in [1.807, 2.05) is 0 Å². The summed E-state index contributed by atoms with van der Waals surface area (Å²) < 4.78 is 47.7. The maximum atomic E-state index is 13.4. The minimum Gasteiger partial charge on any atom is -0.489 e. The first kappa shape index (κ1) is 27.6. The fourth-order valence-corrected chi connectivity index (χ4v) is 3.91. The van der Waals surface area contributed by atoms with E-state index >= 15 is 0 Å². The molecule has 2 aromatic rings. The van der Waals surface area contributed by atoms with Crippen LogP contribution in [0.2, 0.25) is 0 Å². The molecule has 1 saturated heterocycles. The molecule has 1 aliphatic heterocycles. The number of nitrogens with zero attached hydrogens (tertiary/aromatic N) is 2. The largest absolute Gasteiger partial charge is 0.489 e. The summed E-state index contributed by atoms with van der Waals surface area (Å²) in [5, 5.41) is 5.89. The molecule has 38 heavy (non-hydrogen) atoms. The van der Waals surface area contributed by atoms with E-state index in [-0.39, 0.29) is 34.8 Å². The van der Waals surface area contributed by atoms with Crippen molar-refractivity contribution in [1.29, 1.82) is 0 Å². The Morgan fingerprint density at radius 1 is 1.21 bits per heavy atom. The number of halogens is 2. The number of rotatable bonds is 9. The highest BCUT2D eigenvalue weighted by Gasteiger charge is 2.31. The lowest BCUT2D eigenvalue weighted by Gasteiger charge is -2.27. The van der Waals surface area contributed by atoms with Gasteiger partial charge in [0.15, 0.2) is 23.0 Å². The molecule has 10 nitrogen and oxygen atoms in total. The smallest absolute Gasteiger partial charge is 0.408 e. The van der Waals surface area contributed by atoms with Gasteiger partial charge >= 0.3 is 12.7 Å². The number of oxazole rings is 1. The zero-order valence-corrected chi connectivity index (χ0v) is 22.0. The second-order valence-electron chi connectivity index (χ2n) is 10.4. The Morgan fingerprint density at radius 2 is 1.92 bits per heavy atom. The van der Waals surface area contributed by atoms with Gasteiger partial charge in [0, 0.05) is 31.7 Å². The Hall–Kier alpha value is -3.41. The number of aromatic nitrogens is 1. The topological polar surface area (TPSA) is 115 Å². The summed E-state index contributed by atoms with van der Waals surface area (Å²) in [4.78, 5) is 32.0. The first-order chi connectivity index (χ1) is 18.0. The molecule has 1 aliphatic carbocycles. The lowest BCUT2D eigenvalue weighted by molar-refractivity contribution is -0.0515. The summed E-state index contributed by atoms with van der Waals surface area (Å²) in [7, 11) is 0. The SMILES string of the molecule is C[C@H](NC(=O)OC(C)(C)C)c1oc(-c2ccc(OC(F)F)c(OCC3CC3)c2)nc1C(=O)N1CCNCC1. The number of piperazine rings is 1. The van der Waals surface area contributed by atoms with Crippen molar-refractivity contribution in [1.82, 2.24) is 20.5 Å². The van der Waals surface area contributed by atoms with Gasteiger partial charge in [0.25, 0.3) is 5.91 Å². The van der Waals surface area contributed by atoms with Gasteiger partial charge in [0.05, 0.1) is 12.6 Å². The number of carbonyl (C=O) groups is 2. The number of nitrogens with one attached hydrogen (secondary N) is 2. The molecule has 12 heteroatoms. The van der Waals surface area contributed by atoms with Crippen LogP contribution in [0.5, 0.6) is 11.5 Å². The molecule has 2 amide bonds. The molecule has 2 N–H and O–H groups in total. The third-order valence-electron chi connectivity index (χ3n) is 5.96. The van der Waals surface area contributed by atoms with E-state index in [9.17, 15) is 18.4 Å². The van der Waals surface area contributed by atoms with Crippen molar-refractivity contribution in [3.05, 3.63) is 29.7 Å². The monoisotopic (exact) mass is 536 g/mol. The average Bonchev–Trinajstić information content (AvgIpc) is 3.57. The van der Waals surface area contributed by atoms with Gasteiger partial charge in [-0.1, -0.05) is 0 Å². The van der Waals surface area contributed by atoms with Crippen molar-refractivity contribution in [3.8, 4) is 23.0 Å². The predicted octanol–water partition coefficient (Wildman–Crippen LogP) is 4.36. The molecular formula is C26H34F2N4O6. The van der Waals surface area contributed by atoms with E-state index in [2.05, 4.69) is 20.4 Å². The third kappa shape index (κ3) is 7.33. The van der Waals surface area contributed by atoms with E-state index in [0.29, 0.717) is 44.3 Å². The van der Waals surface area contributed by atoms with E-state index in [0.717, 1.165) is 12.8 Å². The van der Waals surface area contributed by atoms with Crippen molar-refractivity contribution in [2.24, 2.45) is 5.92 Å². The average molecular weight is 537 g/mol. The Labute approximate surface area is 220 Å². The van der Waals surface area contributed by atoms with Gasteiger partial charge < -0.3 is 34.2 Å². The summed E-state index contributed by atoms with van der Waals surface area (Å²) in [6.45, 7) is 6.53. The zero-order valence-electron chi connectivity index (χ0n) is 22.0. The number of ether oxygens (including phenoxy) is 3. The molecule has 0 unspecified atom stereocenters. The fraction of sp³-hybridized carbons (Fsp3) is 0.577. The van der Waals surface area contributed by atoms with Gasteiger partial charge in [-0.3, -0.25) is 4.79 Å². The highest BCUT2D eigenvalue weighted by molar-refractivity contribution is 5.94. The molecule has 2 fully saturated rings. The number of carbonyl (C=O) groups excluding carboxylic acids is 2. The van der Waals surface area contributed by atoms with Crippen LogP contribution < -0.4 is 20.1 Å². The standard InChI is InChI=1S/C26H34F2N4O6/c1-15(30-25(34)38-26(2,3)4)21-20(23(33)32-11-9-29-10-12-32)31-22(37-21)17-7-8-18(36-24(27)28)19(13-17)35-14-16-5-6-16/h7-8,13,15-16,24,29H,5-6,9-12,14H2,1-4H3,(H,30,34)/t15-/m0/s1. The van der Waals surface area contributed by atoms with E-state index in [1.54, 1.807) is 32.6 Å². The van der Waals surface area contributed by atoms with Crippen LogP contribution in [0.1, 0.15) is 62.8 Å². The Morgan fingerprint density at radius 3 is 2.55 bits per heavy atom. The van der Waals surface area contributed by atoms with Gasteiger partial charge in [0.2, 0.25) is 5.89 Å². The Kier molecular flexibility index (Phi) is 8.39. The molecule has 1 atom stereocenters. The Bertz CT molecular complexity index is 1140. The highest BCUT2D eigenvalue weighted by atomic mass is 19.3. The maximum Gasteiger partial charge on any atom is 0.408 e. The molecule has 0 radical (unpaired) electrons. The van der Waals surface area contributed by atoms with Crippen LogP contribution >= 0.6 is 0 Å². The van der Waals surface area contributed by atoms with Gasteiger partial charge in [-0.2, -0.15) is 8.78 Å². The minimum absolute atomic E-state index is 0.0545. The van der Waals surface area contributed by atoms with Crippen LogP contribution in [0.4, 0.5) is 13.6 Å². The van der Waals surface area contributed by atoms with Crippen molar-refractivity contribution in [3.63, 3.8) is 0 Å². The van der Waals surface area contributed by atoms with Crippen molar-refractivity contribution in [2.75, 3.05) is 32.8 Å². The number of hydrogen-bond donors (Lipinski definition) is 2. The summed E-state index contributed by atoms with van der Waals surface area (Å²) in [6.07, 6.45) is 1.37. The highest BCUT2D eigenvalue weighted by Crippen LogP contribution is 2.37. The number of hydrogen-bond acceptors (Lipinski definition) is 8. The number of alkyl halides is 2. The first-order valence-electron chi connectivity index (χ1n) is 12.7. The quantitative estimate of drug-likeness (QED) is 0.486. The normalized spacial score (nSPS) is 16.8. The van der Waals surface area contributed by atoms with Crippen molar-refractivity contribution in [2.45, 2.75) is 58.8 Å². The third-order valence-corrected chi connectivity index (χ3v) is 5.96. The maximum absolute atomic E-state index is 13.4. The summed E-state index contributed by atoms with van der Waals surface area (Å²) in [5.74, 6) is 0.309. The molecule has 2 heterocycles. The van der Waals surface area contributed by atoms with Gasteiger partial charge in [-0.25, -0.2) is 9.78 Å². The molecular weight excluding hydrogens is 502 g/mol. The van der Waals surface area contributed by atoms with E-state index in [4.69, 9.17) is 13.9 Å². The second-order valence-corrected chi connectivity index (χ2v) is 10.4. The van der Waals surface area contributed by atoms with Crippen molar-refractivity contribution < 1.29 is 37.0 Å². The molecule has 0 bridgehead atoms. The molecule has 2 aliphatic rings. The van der Waals surface area contributed by atoms with Crippen LogP contribution in [-0.4, -0.2) is 66.9 Å². The second kappa shape index (κ2) is 11.5. The number of alkyl carbamates (subject to hydrolysis) is 1. The molecule has 1 aromatic heterocycles. The van der Waals surface area contributed by atoms with Crippen LogP contribution in [0.3, 0.4) is 0 Å². The summed E-state index contributed by atoms with van der Waals surface area (Å²) in [5.41, 5.74) is -0.254. The lowest BCUT2D eigenvalue weighted by Crippen LogP contribution is -2.46. The Balaban J connectivity index is 1.66. The van der Waals surface area contributed by atoms with Gasteiger partial charge in [-0.15, -0.1) is 0 Å². The zero-order chi connectivity index (χ0) is 27.4. The lowest BCUT2D eigenvalue weighted by atomic mass is 10.2. The minimum atomic E-state index is -3.01. The molecule has 1 saturated carbocycles. The van der Waals surface area contributed by atoms with Crippen LogP contribution in [-0.2, 0) is 4.74 Å².